The Bertz CT molecular complexity index is 810. The number of fused-ring (bicyclic) bond motifs is 1. The van der Waals surface area contributed by atoms with Crippen molar-refractivity contribution < 1.29 is 14.3 Å². The van der Waals surface area contributed by atoms with E-state index in [1.54, 1.807) is 11.8 Å². The molecule has 0 bridgehead atoms. The molecule has 3 rings (SSSR count). The minimum Gasteiger partial charge on any atom is -0.450 e. The first-order valence-electron chi connectivity index (χ1n) is 10.0. The first-order valence-corrected chi connectivity index (χ1v) is 10.0. The van der Waals surface area contributed by atoms with Gasteiger partial charge in [0, 0.05) is 25.2 Å². The van der Waals surface area contributed by atoms with Gasteiger partial charge in [0.15, 0.2) is 0 Å². The fraction of sp³-hybridized carbons (Fsp3) is 0.455. The van der Waals surface area contributed by atoms with Crippen LogP contribution < -0.4 is 10.6 Å². The van der Waals surface area contributed by atoms with Crippen LogP contribution in [0.3, 0.4) is 0 Å². The van der Waals surface area contributed by atoms with Crippen LogP contribution in [0.25, 0.3) is 10.8 Å². The lowest BCUT2D eigenvalue weighted by atomic mass is 10.00. The van der Waals surface area contributed by atoms with E-state index in [1.165, 1.54) is 16.3 Å². The Balaban J connectivity index is 1.46. The highest BCUT2D eigenvalue weighted by atomic mass is 16.6. The summed E-state index contributed by atoms with van der Waals surface area (Å²) in [7, 11) is 0. The molecule has 2 N–H and O–H groups in total. The molecule has 0 aliphatic carbocycles. The number of hydrogen-bond acceptors (Lipinski definition) is 4. The molecule has 1 saturated heterocycles. The third kappa shape index (κ3) is 5.01. The van der Waals surface area contributed by atoms with Gasteiger partial charge in [-0.05, 0) is 43.0 Å². The number of likely N-dealkylation sites (tertiary alicyclic amines) is 1. The zero-order chi connectivity index (χ0) is 19.9. The highest BCUT2D eigenvalue weighted by Crippen LogP contribution is 2.23. The summed E-state index contributed by atoms with van der Waals surface area (Å²) in [5.74, 6) is -0.0123. The highest BCUT2D eigenvalue weighted by molar-refractivity contribution is 5.86. The smallest absolute Gasteiger partial charge is 0.409 e. The molecule has 2 aromatic rings. The first kappa shape index (κ1) is 20.1. The molecule has 150 valence electrons. The largest absolute Gasteiger partial charge is 0.450 e. The van der Waals surface area contributed by atoms with Crippen molar-refractivity contribution in [3.05, 3.63) is 48.0 Å². The average Bonchev–Trinajstić information content (AvgIpc) is 2.72. The third-order valence-electron chi connectivity index (χ3n) is 5.24. The summed E-state index contributed by atoms with van der Waals surface area (Å²) in [4.78, 5) is 25.8. The lowest BCUT2D eigenvalue weighted by Gasteiger charge is -2.31. The Hall–Kier alpha value is -2.60. The molecule has 0 unspecified atom stereocenters. The standard InChI is InChI=1S/C22H29N3O3/c1-3-28-22(27)25-13-11-18(12-14-25)24-21(26)15-23-16(2)19-10-6-8-17-7-4-5-9-20(17)19/h4-10,16,18,23H,3,11-15H2,1-2H3,(H,24,26)/t16-/m1/s1. The molecule has 2 aromatic carbocycles. The van der Waals surface area contributed by atoms with E-state index >= 15 is 0 Å². The van der Waals surface area contributed by atoms with Gasteiger partial charge in [-0.2, -0.15) is 0 Å². The first-order chi connectivity index (χ1) is 13.6. The van der Waals surface area contributed by atoms with Crippen molar-refractivity contribution in [1.29, 1.82) is 0 Å². The van der Waals surface area contributed by atoms with Gasteiger partial charge in [-0.3, -0.25) is 4.79 Å². The number of hydrogen-bond donors (Lipinski definition) is 2. The van der Waals surface area contributed by atoms with Crippen molar-refractivity contribution in [1.82, 2.24) is 15.5 Å². The number of benzene rings is 2. The molecular formula is C22H29N3O3. The molecule has 6 heteroatoms. The number of amides is 2. The Morgan fingerprint density at radius 1 is 1.14 bits per heavy atom. The second kappa shape index (κ2) is 9.55. The highest BCUT2D eigenvalue weighted by Gasteiger charge is 2.24. The number of carbonyl (C=O) groups excluding carboxylic acids is 2. The SMILES string of the molecule is CCOC(=O)N1CCC(NC(=O)CN[C@H](C)c2cccc3ccccc23)CC1. The van der Waals surface area contributed by atoms with E-state index < -0.39 is 0 Å². The van der Waals surface area contributed by atoms with E-state index in [-0.39, 0.29) is 30.6 Å². The molecule has 2 amide bonds. The third-order valence-corrected chi connectivity index (χ3v) is 5.24. The molecule has 0 aromatic heterocycles. The number of nitrogens with one attached hydrogen (secondary N) is 2. The minimum atomic E-state index is -0.266. The van der Waals surface area contributed by atoms with E-state index in [2.05, 4.69) is 41.8 Å². The van der Waals surface area contributed by atoms with Gasteiger partial charge < -0.3 is 20.3 Å². The van der Waals surface area contributed by atoms with Crippen LogP contribution in [0.15, 0.2) is 42.5 Å². The fourth-order valence-corrected chi connectivity index (χ4v) is 3.68. The predicted molar refractivity (Wildman–Crippen MR) is 110 cm³/mol. The summed E-state index contributed by atoms with van der Waals surface area (Å²) >= 11 is 0. The van der Waals surface area contributed by atoms with Gasteiger partial charge in [0.1, 0.15) is 0 Å². The van der Waals surface area contributed by atoms with Gasteiger partial charge in [-0.1, -0.05) is 42.5 Å². The normalized spacial score (nSPS) is 16.0. The lowest BCUT2D eigenvalue weighted by molar-refractivity contribution is -0.121. The second-order valence-corrected chi connectivity index (χ2v) is 7.20. The molecule has 0 spiro atoms. The summed E-state index contributed by atoms with van der Waals surface area (Å²) in [6, 6.07) is 14.7. The quantitative estimate of drug-likeness (QED) is 0.803. The molecular weight excluding hydrogens is 354 g/mol. The van der Waals surface area contributed by atoms with E-state index in [0.29, 0.717) is 19.7 Å². The Kier molecular flexibility index (Phi) is 6.87. The van der Waals surface area contributed by atoms with E-state index in [4.69, 9.17) is 4.74 Å². The average molecular weight is 383 g/mol. The van der Waals surface area contributed by atoms with Gasteiger partial charge in [-0.25, -0.2) is 4.79 Å². The molecule has 28 heavy (non-hydrogen) atoms. The molecule has 1 fully saturated rings. The molecule has 1 atom stereocenters. The van der Waals surface area contributed by atoms with Gasteiger partial charge in [-0.15, -0.1) is 0 Å². The maximum Gasteiger partial charge on any atom is 0.409 e. The van der Waals surface area contributed by atoms with E-state index in [1.807, 2.05) is 18.2 Å². The van der Waals surface area contributed by atoms with E-state index in [0.717, 1.165) is 12.8 Å². The molecule has 0 radical (unpaired) electrons. The molecule has 1 aliphatic heterocycles. The van der Waals surface area contributed by atoms with Crippen molar-refractivity contribution in [3.63, 3.8) is 0 Å². The minimum absolute atomic E-state index is 0.0123. The van der Waals surface area contributed by atoms with Gasteiger partial charge >= 0.3 is 6.09 Å². The van der Waals surface area contributed by atoms with Gasteiger partial charge in [0.05, 0.1) is 13.2 Å². The number of rotatable bonds is 6. The monoisotopic (exact) mass is 383 g/mol. The number of ether oxygens (including phenoxy) is 1. The summed E-state index contributed by atoms with van der Waals surface area (Å²) in [6.07, 6.45) is 1.24. The van der Waals surface area contributed by atoms with Crippen molar-refractivity contribution in [2.45, 2.75) is 38.8 Å². The van der Waals surface area contributed by atoms with Crippen LogP contribution in [0.1, 0.15) is 38.3 Å². The lowest BCUT2D eigenvalue weighted by Crippen LogP contribution is -2.48. The van der Waals surface area contributed by atoms with Crippen LogP contribution >= 0.6 is 0 Å². The maximum absolute atomic E-state index is 12.3. The topological polar surface area (TPSA) is 70.7 Å². The number of nitrogens with zero attached hydrogens (tertiary/aromatic N) is 1. The Morgan fingerprint density at radius 2 is 1.86 bits per heavy atom. The van der Waals surface area contributed by atoms with Crippen LogP contribution in [-0.4, -0.2) is 49.2 Å². The summed E-state index contributed by atoms with van der Waals surface area (Å²) < 4.78 is 5.02. The van der Waals surface area contributed by atoms with Crippen LogP contribution in [0.4, 0.5) is 4.79 Å². The van der Waals surface area contributed by atoms with Crippen LogP contribution in [0.2, 0.25) is 0 Å². The van der Waals surface area contributed by atoms with Crippen molar-refractivity contribution >= 4 is 22.8 Å². The molecule has 6 nitrogen and oxygen atoms in total. The Morgan fingerprint density at radius 3 is 2.61 bits per heavy atom. The summed E-state index contributed by atoms with van der Waals surface area (Å²) in [5.41, 5.74) is 1.19. The maximum atomic E-state index is 12.3. The van der Waals surface area contributed by atoms with Crippen molar-refractivity contribution in [2.24, 2.45) is 0 Å². The molecule has 1 aliphatic rings. The number of piperidine rings is 1. The Labute approximate surface area is 166 Å². The van der Waals surface area contributed by atoms with Gasteiger partial charge in [0.25, 0.3) is 0 Å². The van der Waals surface area contributed by atoms with Crippen molar-refractivity contribution in [3.8, 4) is 0 Å². The summed E-state index contributed by atoms with van der Waals surface area (Å²) in [6.45, 7) is 5.76. The molecule has 0 saturated carbocycles. The zero-order valence-electron chi connectivity index (χ0n) is 16.6. The zero-order valence-corrected chi connectivity index (χ0v) is 16.6. The van der Waals surface area contributed by atoms with Crippen LogP contribution in [0, 0.1) is 0 Å². The predicted octanol–water partition coefficient (Wildman–Crippen LogP) is 3.23. The van der Waals surface area contributed by atoms with Crippen molar-refractivity contribution in [2.75, 3.05) is 26.2 Å². The number of carbonyl (C=O) groups is 2. The van der Waals surface area contributed by atoms with E-state index in [9.17, 15) is 9.59 Å². The fourth-order valence-electron chi connectivity index (χ4n) is 3.68. The summed E-state index contributed by atoms with van der Waals surface area (Å²) in [5, 5.41) is 8.81. The van der Waals surface area contributed by atoms with Gasteiger partial charge in [0.2, 0.25) is 5.91 Å². The second-order valence-electron chi connectivity index (χ2n) is 7.20. The van der Waals surface area contributed by atoms with Crippen LogP contribution in [0.5, 0.6) is 0 Å². The molecule has 1 heterocycles. The van der Waals surface area contributed by atoms with Crippen LogP contribution in [-0.2, 0) is 9.53 Å².